The van der Waals surface area contributed by atoms with E-state index in [0.717, 1.165) is 32.0 Å². The molecule has 0 heterocycles. The van der Waals surface area contributed by atoms with Crippen LogP contribution in [0.25, 0.3) is 0 Å². The van der Waals surface area contributed by atoms with Crippen LogP contribution in [-0.4, -0.2) is 36.7 Å². The van der Waals surface area contributed by atoms with Gasteiger partial charge in [0, 0.05) is 25.2 Å². The summed E-state index contributed by atoms with van der Waals surface area (Å²) in [6.07, 6.45) is 1.19. The molecule has 0 saturated carbocycles. The van der Waals surface area contributed by atoms with Gasteiger partial charge in [0.1, 0.15) is 12.4 Å². The van der Waals surface area contributed by atoms with Crippen LogP contribution >= 0.6 is 0 Å². The van der Waals surface area contributed by atoms with Gasteiger partial charge in [0.2, 0.25) is 0 Å². The van der Waals surface area contributed by atoms with E-state index in [0.29, 0.717) is 12.1 Å². The van der Waals surface area contributed by atoms with Crippen LogP contribution in [-0.2, 0) is 6.54 Å². The molecule has 1 N–H and O–H groups in total. The van der Waals surface area contributed by atoms with Gasteiger partial charge in [0.15, 0.2) is 0 Å². The molecular formula is C18H32N2O. The number of nitrogens with zero attached hydrogens (tertiary/aromatic N) is 1. The summed E-state index contributed by atoms with van der Waals surface area (Å²) in [7, 11) is 0. The second-order valence-corrected chi connectivity index (χ2v) is 6.16. The molecule has 0 amide bonds. The van der Waals surface area contributed by atoms with Crippen LogP contribution in [0.2, 0.25) is 0 Å². The van der Waals surface area contributed by atoms with Crippen LogP contribution in [0.4, 0.5) is 0 Å². The van der Waals surface area contributed by atoms with Crippen molar-refractivity contribution in [3.8, 4) is 5.75 Å². The van der Waals surface area contributed by atoms with Crippen molar-refractivity contribution in [1.82, 2.24) is 10.2 Å². The number of nitrogens with one attached hydrogen (secondary N) is 1. The SMILES string of the molecule is CCCN(CCOc1ccc(CNC(C)C)cc1)C(C)C. The molecule has 0 aromatic heterocycles. The van der Waals surface area contributed by atoms with Crippen LogP contribution in [0, 0.1) is 0 Å². The maximum absolute atomic E-state index is 5.85. The van der Waals surface area contributed by atoms with E-state index in [2.05, 4.69) is 69.1 Å². The van der Waals surface area contributed by atoms with Crippen LogP contribution < -0.4 is 10.1 Å². The maximum Gasteiger partial charge on any atom is 0.119 e. The van der Waals surface area contributed by atoms with Gasteiger partial charge in [-0.3, -0.25) is 4.90 Å². The predicted molar refractivity (Wildman–Crippen MR) is 90.9 cm³/mol. The number of benzene rings is 1. The number of hydrogen-bond acceptors (Lipinski definition) is 3. The summed E-state index contributed by atoms with van der Waals surface area (Å²) in [5.74, 6) is 0.962. The molecule has 0 saturated heterocycles. The van der Waals surface area contributed by atoms with Crippen molar-refractivity contribution >= 4 is 0 Å². The molecule has 21 heavy (non-hydrogen) atoms. The first-order chi connectivity index (χ1) is 10.0. The minimum Gasteiger partial charge on any atom is -0.492 e. The Morgan fingerprint density at radius 3 is 2.24 bits per heavy atom. The zero-order valence-corrected chi connectivity index (χ0v) is 14.4. The molecule has 1 aromatic carbocycles. The van der Waals surface area contributed by atoms with E-state index in [9.17, 15) is 0 Å². The standard InChI is InChI=1S/C18H32N2O/c1-6-11-20(16(4)5)12-13-21-18-9-7-17(8-10-18)14-19-15(2)3/h7-10,15-16,19H,6,11-14H2,1-5H3. The average molecular weight is 292 g/mol. The topological polar surface area (TPSA) is 24.5 Å². The highest BCUT2D eigenvalue weighted by atomic mass is 16.5. The average Bonchev–Trinajstić information content (AvgIpc) is 2.45. The van der Waals surface area contributed by atoms with Gasteiger partial charge < -0.3 is 10.1 Å². The summed E-state index contributed by atoms with van der Waals surface area (Å²) in [5, 5.41) is 3.42. The Labute approximate surface area is 130 Å². The van der Waals surface area contributed by atoms with Crippen LogP contribution in [0.3, 0.4) is 0 Å². The van der Waals surface area contributed by atoms with E-state index in [1.54, 1.807) is 0 Å². The fraction of sp³-hybridized carbons (Fsp3) is 0.667. The van der Waals surface area contributed by atoms with E-state index >= 15 is 0 Å². The third-order valence-electron chi connectivity index (χ3n) is 3.53. The van der Waals surface area contributed by atoms with E-state index in [-0.39, 0.29) is 0 Å². The highest BCUT2D eigenvalue weighted by Crippen LogP contribution is 2.12. The summed E-state index contributed by atoms with van der Waals surface area (Å²) in [5.41, 5.74) is 1.30. The Kier molecular flexibility index (Phi) is 8.40. The lowest BCUT2D eigenvalue weighted by Crippen LogP contribution is -2.35. The van der Waals surface area contributed by atoms with Crippen LogP contribution in [0.5, 0.6) is 5.75 Å². The summed E-state index contributed by atoms with van der Waals surface area (Å²) >= 11 is 0. The van der Waals surface area contributed by atoms with E-state index in [1.807, 2.05) is 0 Å². The second kappa shape index (κ2) is 9.80. The van der Waals surface area contributed by atoms with Gasteiger partial charge in [-0.1, -0.05) is 32.9 Å². The first-order valence-electron chi connectivity index (χ1n) is 8.22. The van der Waals surface area contributed by atoms with Crippen molar-refractivity contribution in [2.24, 2.45) is 0 Å². The van der Waals surface area contributed by atoms with Crippen LogP contribution in [0.1, 0.15) is 46.6 Å². The lowest BCUT2D eigenvalue weighted by atomic mass is 10.2. The molecule has 0 fully saturated rings. The quantitative estimate of drug-likeness (QED) is 0.712. The van der Waals surface area contributed by atoms with Gasteiger partial charge in [0.25, 0.3) is 0 Å². The van der Waals surface area contributed by atoms with Crippen molar-refractivity contribution in [3.05, 3.63) is 29.8 Å². The molecule has 0 bridgehead atoms. The van der Waals surface area contributed by atoms with Gasteiger partial charge in [-0.05, 0) is 44.5 Å². The molecule has 3 nitrogen and oxygen atoms in total. The Morgan fingerprint density at radius 1 is 1.05 bits per heavy atom. The first-order valence-corrected chi connectivity index (χ1v) is 8.22. The predicted octanol–water partition coefficient (Wildman–Crippen LogP) is 3.68. The minimum atomic E-state index is 0.515. The molecule has 3 heteroatoms. The van der Waals surface area contributed by atoms with Crippen molar-refractivity contribution in [3.63, 3.8) is 0 Å². The fourth-order valence-corrected chi connectivity index (χ4v) is 2.22. The van der Waals surface area contributed by atoms with Gasteiger partial charge >= 0.3 is 0 Å². The zero-order chi connectivity index (χ0) is 15.7. The summed E-state index contributed by atoms with van der Waals surface area (Å²) in [6.45, 7) is 14.8. The Hall–Kier alpha value is -1.06. The van der Waals surface area contributed by atoms with Gasteiger partial charge in [-0.15, -0.1) is 0 Å². The maximum atomic E-state index is 5.85. The van der Waals surface area contributed by atoms with E-state index < -0.39 is 0 Å². The van der Waals surface area contributed by atoms with Crippen molar-refractivity contribution < 1.29 is 4.74 Å². The van der Waals surface area contributed by atoms with Gasteiger partial charge in [0.05, 0.1) is 0 Å². The Morgan fingerprint density at radius 2 is 1.71 bits per heavy atom. The van der Waals surface area contributed by atoms with Gasteiger partial charge in [-0.2, -0.15) is 0 Å². The monoisotopic (exact) mass is 292 g/mol. The minimum absolute atomic E-state index is 0.515. The molecule has 120 valence electrons. The Balaban J connectivity index is 2.35. The molecule has 0 spiro atoms. The second-order valence-electron chi connectivity index (χ2n) is 6.16. The van der Waals surface area contributed by atoms with E-state index in [1.165, 1.54) is 12.0 Å². The summed E-state index contributed by atoms with van der Waals surface area (Å²) in [6, 6.07) is 9.50. The normalized spacial score (nSPS) is 11.6. The number of rotatable bonds is 10. The van der Waals surface area contributed by atoms with E-state index in [4.69, 9.17) is 4.74 Å². The zero-order valence-electron chi connectivity index (χ0n) is 14.4. The van der Waals surface area contributed by atoms with Gasteiger partial charge in [-0.25, -0.2) is 0 Å². The third kappa shape index (κ3) is 7.49. The van der Waals surface area contributed by atoms with Crippen LogP contribution in [0.15, 0.2) is 24.3 Å². The summed E-state index contributed by atoms with van der Waals surface area (Å²) in [4.78, 5) is 2.46. The first kappa shape index (κ1) is 18.0. The summed E-state index contributed by atoms with van der Waals surface area (Å²) < 4.78 is 5.85. The lowest BCUT2D eigenvalue weighted by Gasteiger charge is -2.25. The van der Waals surface area contributed by atoms with Crippen molar-refractivity contribution in [1.29, 1.82) is 0 Å². The smallest absolute Gasteiger partial charge is 0.119 e. The highest BCUT2D eigenvalue weighted by molar-refractivity contribution is 5.27. The lowest BCUT2D eigenvalue weighted by molar-refractivity contribution is 0.176. The Bertz CT molecular complexity index is 373. The third-order valence-corrected chi connectivity index (χ3v) is 3.53. The molecule has 1 rings (SSSR count). The molecule has 1 aromatic rings. The molecule has 0 radical (unpaired) electrons. The molecule has 0 aliphatic heterocycles. The molecule has 0 aliphatic carbocycles. The molecule has 0 aliphatic rings. The molecule has 0 atom stereocenters. The highest BCUT2D eigenvalue weighted by Gasteiger charge is 2.07. The molecular weight excluding hydrogens is 260 g/mol. The molecule has 0 unspecified atom stereocenters. The largest absolute Gasteiger partial charge is 0.492 e. The number of ether oxygens (including phenoxy) is 1. The van der Waals surface area contributed by atoms with Crippen molar-refractivity contribution in [2.45, 2.75) is 59.7 Å². The number of hydrogen-bond donors (Lipinski definition) is 1. The fourth-order valence-electron chi connectivity index (χ4n) is 2.22. The van der Waals surface area contributed by atoms with Crippen molar-refractivity contribution in [2.75, 3.05) is 19.7 Å².